The van der Waals surface area contributed by atoms with Gasteiger partial charge in [0.05, 0.1) is 5.92 Å². The highest BCUT2D eigenvalue weighted by molar-refractivity contribution is 5.69. The molecular formula is C16H32O4. The fraction of sp³-hybridized carbons (Fsp3) is 0.875. The van der Waals surface area contributed by atoms with Crippen LogP contribution >= 0.6 is 0 Å². The molecule has 4 nitrogen and oxygen atoms in total. The predicted octanol–water partition coefficient (Wildman–Crippen LogP) is 4.43. The fourth-order valence-electron chi connectivity index (χ4n) is 2.05. The van der Waals surface area contributed by atoms with Gasteiger partial charge in [-0.2, -0.15) is 0 Å². The number of carboxylic acid groups (broad SMARTS) is 2. The summed E-state index contributed by atoms with van der Waals surface area (Å²) in [5.41, 5.74) is 0.245. The number of hydrogen-bond acceptors (Lipinski definition) is 2. The lowest BCUT2D eigenvalue weighted by molar-refractivity contribution is -0.141. The lowest BCUT2D eigenvalue weighted by Gasteiger charge is -2.21. The Hall–Kier alpha value is -1.06. The van der Waals surface area contributed by atoms with Crippen LogP contribution in [0.2, 0.25) is 0 Å². The summed E-state index contributed by atoms with van der Waals surface area (Å²) in [7, 11) is 0. The van der Waals surface area contributed by atoms with Gasteiger partial charge in [0.1, 0.15) is 0 Å². The molecule has 2 N–H and O–H groups in total. The van der Waals surface area contributed by atoms with Crippen LogP contribution in [0, 0.1) is 17.3 Å². The summed E-state index contributed by atoms with van der Waals surface area (Å²) in [5, 5.41) is 16.9. The van der Waals surface area contributed by atoms with Gasteiger partial charge >= 0.3 is 11.9 Å². The van der Waals surface area contributed by atoms with E-state index in [9.17, 15) is 9.59 Å². The summed E-state index contributed by atoms with van der Waals surface area (Å²) in [5.74, 6) is -1.25. The van der Waals surface area contributed by atoms with Crippen LogP contribution in [-0.4, -0.2) is 22.2 Å². The van der Waals surface area contributed by atoms with Gasteiger partial charge in [-0.25, -0.2) is 0 Å². The zero-order valence-electron chi connectivity index (χ0n) is 13.9. The summed E-state index contributed by atoms with van der Waals surface area (Å²) >= 11 is 0. The molecule has 20 heavy (non-hydrogen) atoms. The molecule has 2 atom stereocenters. The number of carboxylic acids is 2. The fourth-order valence-corrected chi connectivity index (χ4v) is 2.05. The molecule has 0 saturated heterocycles. The van der Waals surface area contributed by atoms with Crippen molar-refractivity contribution in [1.29, 1.82) is 0 Å². The van der Waals surface area contributed by atoms with Crippen molar-refractivity contribution in [2.24, 2.45) is 17.3 Å². The largest absolute Gasteiger partial charge is 0.481 e. The van der Waals surface area contributed by atoms with Crippen LogP contribution in [0.3, 0.4) is 0 Å². The predicted molar refractivity (Wildman–Crippen MR) is 81.8 cm³/mol. The molecule has 0 saturated carbocycles. The van der Waals surface area contributed by atoms with Gasteiger partial charge in [-0.1, -0.05) is 54.4 Å². The van der Waals surface area contributed by atoms with E-state index in [1.54, 1.807) is 6.92 Å². The number of aliphatic carboxylic acids is 2. The average Bonchev–Trinajstić information content (AvgIpc) is 2.22. The van der Waals surface area contributed by atoms with Gasteiger partial charge in [0.25, 0.3) is 0 Å². The number of unbranched alkanes of at least 4 members (excludes halogenated alkanes) is 1. The van der Waals surface area contributed by atoms with Crippen molar-refractivity contribution in [3.63, 3.8) is 0 Å². The van der Waals surface area contributed by atoms with Gasteiger partial charge in [-0.3, -0.25) is 9.59 Å². The van der Waals surface area contributed by atoms with Crippen molar-refractivity contribution in [2.75, 3.05) is 0 Å². The van der Waals surface area contributed by atoms with Crippen LogP contribution in [0.5, 0.6) is 0 Å². The van der Waals surface area contributed by atoms with Crippen molar-refractivity contribution >= 4 is 11.9 Å². The summed E-state index contributed by atoms with van der Waals surface area (Å²) in [6.07, 6.45) is 4.17. The molecule has 120 valence electrons. The molecular weight excluding hydrogens is 256 g/mol. The van der Waals surface area contributed by atoms with Gasteiger partial charge in [0.15, 0.2) is 0 Å². The van der Waals surface area contributed by atoms with E-state index >= 15 is 0 Å². The highest BCUT2D eigenvalue weighted by Crippen LogP contribution is 2.25. The Balaban J connectivity index is 0. The summed E-state index contributed by atoms with van der Waals surface area (Å²) in [6, 6.07) is 0. The second-order valence-electron chi connectivity index (χ2n) is 6.85. The third kappa shape index (κ3) is 16.9. The van der Waals surface area contributed by atoms with E-state index in [0.717, 1.165) is 25.7 Å². The van der Waals surface area contributed by atoms with E-state index in [1.807, 2.05) is 6.92 Å². The molecule has 0 rings (SSSR count). The van der Waals surface area contributed by atoms with Crippen LogP contribution in [0.25, 0.3) is 0 Å². The summed E-state index contributed by atoms with van der Waals surface area (Å²) in [4.78, 5) is 20.5. The average molecular weight is 288 g/mol. The summed E-state index contributed by atoms with van der Waals surface area (Å²) in [6.45, 7) is 12.2. The molecule has 0 aromatic heterocycles. The molecule has 0 aromatic rings. The molecule has 0 radical (unpaired) electrons. The number of carbonyl (C=O) groups is 2. The van der Waals surface area contributed by atoms with Crippen LogP contribution in [0.1, 0.15) is 73.6 Å². The number of rotatable bonds is 7. The maximum atomic E-state index is 10.3. The third-order valence-corrected chi connectivity index (χ3v) is 2.90. The van der Waals surface area contributed by atoms with E-state index in [-0.39, 0.29) is 23.7 Å². The van der Waals surface area contributed by atoms with Crippen LogP contribution < -0.4 is 0 Å². The van der Waals surface area contributed by atoms with Crippen LogP contribution in [-0.2, 0) is 9.59 Å². The Bertz CT molecular complexity index is 279. The molecule has 0 aliphatic carbocycles. The first-order chi connectivity index (χ1) is 8.99. The zero-order valence-corrected chi connectivity index (χ0v) is 13.9. The smallest absolute Gasteiger partial charge is 0.306 e. The molecule has 0 heterocycles. The first-order valence-corrected chi connectivity index (χ1v) is 7.44. The minimum Gasteiger partial charge on any atom is -0.481 e. The Morgan fingerprint density at radius 1 is 1.10 bits per heavy atom. The van der Waals surface area contributed by atoms with E-state index in [1.165, 1.54) is 0 Å². The maximum absolute atomic E-state index is 10.3. The zero-order chi connectivity index (χ0) is 16.3. The van der Waals surface area contributed by atoms with Crippen LogP contribution in [0.15, 0.2) is 0 Å². The summed E-state index contributed by atoms with van der Waals surface area (Å²) < 4.78 is 0. The second kappa shape index (κ2) is 10.7. The lowest BCUT2D eigenvalue weighted by Crippen LogP contribution is -2.13. The van der Waals surface area contributed by atoms with Crippen molar-refractivity contribution in [1.82, 2.24) is 0 Å². The van der Waals surface area contributed by atoms with Gasteiger partial charge in [-0.15, -0.1) is 0 Å². The Morgan fingerprint density at radius 3 is 1.90 bits per heavy atom. The van der Waals surface area contributed by atoms with Crippen LogP contribution in [0.4, 0.5) is 0 Å². The van der Waals surface area contributed by atoms with Crippen molar-refractivity contribution in [3.8, 4) is 0 Å². The van der Waals surface area contributed by atoms with Crippen molar-refractivity contribution in [3.05, 3.63) is 0 Å². The topological polar surface area (TPSA) is 74.6 Å². The maximum Gasteiger partial charge on any atom is 0.306 e. The van der Waals surface area contributed by atoms with E-state index in [2.05, 4.69) is 27.7 Å². The molecule has 0 fully saturated rings. The quantitative estimate of drug-likeness (QED) is 0.726. The Labute approximate surface area is 123 Å². The highest BCUT2D eigenvalue weighted by atomic mass is 16.4. The minimum atomic E-state index is -0.693. The molecule has 0 aliphatic heterocycles. The molecule has 2 unspecified atom stereocenters. The highest BCUT2D eigenvalue weighted by Gasteiger charge is 2.16. The molecule has 0 aliphatic rings. The first kappa shape index (κ1) is 21.2. The monoisotopic (exact) mass is 288 g/mol. The third-order valence-electron chi connectivity index (χ3n) is 2.90. The standard InChI is InChI=1S/C9H18O2.C7H14O2/c1-7(5-8(10)11)6-9(2,3)4;1-3-4-5-6(2)7(8)9/h7H,5-6H2,1-4H3,(H,10,11);6H,3-5H2,1-2H3,(H,8,9). The van der Waals surface area contributed by atoms with Crippen molar-refractivity contribution < 1.29 is 19.8 Å². The molecule has 0 spiro atoms. The van der Waals surface area contributed by atoms with Gasteiger partial charge in [-0.05, 0) is 24.2 Å². The van der Waals surface area contributed by atoms with Gasteiger partial charge in [0.2, 0.25) is 0 Å². The van der Waals surface area contributed by atoms with E-state index in [4.69, 9.17) is 10.2 Å². The normalized spacial score (nSPS) is 13.9. The van der Waals surface area contributed by atoms with Crippen molar-refractivity contribution in [2.45, 2.75) is 73.6 Å². The van der Waals surface area contributed by atoms with Gasteiger partial charge < -0.3 is 10.2 Å². The van der Waals surface area contributed by atoms with E-state index in [0.29, 0.717) is 0 Å². The molecule has 0 bridgehead atoms. The lowest BCUT2D eigenvalue weighted by atomic mass is 9.84. The molecule has 0 aromatic carbocycles. The van der Waals surface area contributed by atoms with Gasteiger partial charge in [0, 0.05) is 6.42 Å². The number of hydrogen-bond donors (Lipinski definition) is 2. The SMILES string of the molecule is CC(CC(=O)O)CC(C)(C)C.CCCCC(C)C(=O)O. The second-order valence-corrected chi connectivity index (χ2v) is 6.85. The molecule has 4 heteroatoms. The minimum absolute atomic E-state index is 0.162. The van der Waals surface area contributed by atoms with E-state index < -0.39 is 11.9 Å². The molecule has 0 amide bonds. The Kier molecular flexibility index (Phi) is 11.4. The first-order valence-electron chi connectivity index (χ1n) is 7.44. The Morgan fingerprint density at radius 2 is 1.60 bits per heavy atom.